The van der Waals surface area contributed by atoms with Crippen LogP contribution in [0.1, 0.15) is 18.9 Å². The standard InChI is InChI=1S/C29H30N8O3.C3H4O/c1-35-17-29(16-30,18-35)28(39)36-7-5-22(6-8-36)37-15-19(13-32-37)27-14-31-25-4-3-20(11-26(25)34-27)33-21-9-23(38)12-24(10-21)40-2;1-2-3-4/h3-4,9-15,22,33,38H,5-8,17-18H2,1-2H3;2-3H,1H2. The molecule has 0 atom stereocenters. The number of aromatic hydroxyl groups is 1. The fraction of sp³-hybridized carbons (Fsp3) is 0.312. The maximum Gasteiger partial charge on any atom is 0.245 e. The van der Waals surface area contributed by atoms with Crippen LogP contribution in [-0.2, 0) is 9.59 Å². The van der Waals surface area contributed by atoms with Gasteiger partial charge in [0.1, 0.15) is 17.8 Å². The third-order valence-electron chi connectivity index (χ3n) is 7.78. The number of rotatable bonds is 7. The Balaban J connectivity index is 0.000000906. The minimum Gasteiger partial charge on any atom is -0.508 e. The molecule has 4 aromatic rings. The molecule has 2 aromatic heterocycles. The highest BCUT2D eigenvalue weighted by molar-refractivity contribution is 5.87. The quantitative estimate of drug-likeness (QED) is 0.238. The average Bonchev–Trinajstić information content (AvgIpc) is 3.53. The molecule has 226 valence electrons. The van der Waals surface area contributed by atoms with E-state index in [4.69, 9.17) is 14.5 Å². The molecule has 4 heterocycles. The van der Waals surface area contributed by atoms with Gasteiger partial charge >= 0.3 is 0 Å². The van der Waals surface area contributed by atoms with Gasteiger partial charge in [-0.1, -0.05) is 6.58 Å². The summed E-state index contributed by atoms with van der Waals surface area (Å²) >= 11 is 0. The molecule has 1 amide bonds. The van der Waals surface area contributed by atoms with Crippen molar-refractivity contribution in [2.24, 2.45) is 5.41 Å². The fourth-order valence-electron chi connectivity index (χ4n) is 5.60. The Kier molecular flexibility index (Phi) is 8.87. The number of carbonyl (C=O) groups excluding carboxylic acids is 2. The van der Waals surface area contributed by atoms with Crippen molar-refractivity contribution in [2.45, 2.75) is 18.9 Å². The molecule has 2 aliphatic heterocycles. The van der Waals surface area contributed by atoms with Crippen molar-refractivity contribution >= 4 is 34.6 Å². The van der Waals surface area contributed by atoms with Crippen LogP contribution in [0.2, 0.25) is 0 Å². The first kappa shape index (κ1) is 30.2. The number of hydrogen-bond donors (Lipinski definition) is 2. The van der Waals surface area contributed by atoms with Crippen molar-refractivity contribution in [3.05, 3.63) is 67.6 Å². The van der Waals surface area contributed by atoms with Crippen LogP contribution in [0, 0.1) is 16.7 Å². The smallest absolute Gasteiger partial charge is 0.245 e. The van der Waals surface area contributed by atoms with Crippen LogP contribution in [0.3, 0.4) is 0 Å². The molecule has 2 aromatic carbocycles. The van der Waals surface area contributed by atoms with Crippen molar-refractivity contribution in [1.82, 2.24) is 29.5 Å². The molecule has 2 aliphatic rings. The number of phenols is 1. The van der Waals surface area contributed by atoms with Crippen LogP contribution >= 0.6 is 0 Å². The molecular formula is C32H34N8O4. The lowest BCUT2D eigenvalue weighted by Crippen LogP contribution is -2.62. The van der Waals surface area contributed by atoms with Crippen molar-refractivity contribution in [3.8, 4) is 28.8 Å². The number of hydrogen-bond acceptors (Lipinski definition) is 10. The molecule has 0 radical (unpaired) electrons. The number of anilines is 2. The summed E-state index contributed by atoms with van der Waals surface area (Å²) in [7, 11) is 3.48. The molecular weight excluding hydrogens is 560 g/mol. The number of methoxy groups -OCH3 is 1. The van der Waals surface area contributed by atoms with Gasteiger partial charge in [0.05, 0.1) is 48.3 Å². The van der Waals surface area contributed by atoms with E-state index in [0.29, 0.717) is 49.6 Å². The van der Waals surface area contributed by atoms with Gasteiger partial charge in [-0.05, 0) is 44.2 Å². The topological polar surface area (TPSA) is 150 Å². The van der Waals surface area contributed by atoms with Gasteiger partial charge in [-0.15, -0.1) is 0 Å². The number of piperidine rings is 1. The zero-order valence-corrected chi connectivity index (χ0v) is 24.7. The zero-order valence-electron chi connectivity index (χ0n) is 24.7. The van der Waals surface area contributed by atoms with E-state index in [0.717, 1.165) is 35.1 Å². The van der Waals surface area contributed by atoms with E-state index in [9.17, 15) is 15.2 Å². The number of likely N-dealkylation sites (tertiary alicyclic amines) is 2. The number of phenolic OH excluding ortho intramolecular Hbond substituents is 1. The normalized spacial score (nSPS) is 16.2. The first-order valence-corrected chi connectivity index (χ1v) is 14.2. The summed E-state index contributed by atoms with van der Waals surface area (Å²) in [4.78, 5) is 35.3. The predicted octanol–water partition coefficient (Wildman–Crippen LogP) is 3.94. The van der Waals surface area contributed by atoms with Gasteiger partial charge in [0.15, 0.2) is 5.41 Å². The number of benzene rings is 2. The Morgan fingerprint density at radius 1 is 1.16 bits per heavy atom. The van der Waals surface area contributed by atoms with Crippen molar-refractivity contribution in [1.29, 1.82) is 5.26 Å². The van der Waals surface area contributed by atoms with E-state index in [1.165, 1.54) is 6.08 Å². The van der Waals surface area contributed by atoms with Crippen LogP contribution in [-0.4, -0.2) is 87.2 Å². The number of aldehydes is 1. The molecule has 12 heteroatoms. The number of nitrogens with zero attached hydrogens (tertiary/aromatic N) is 7. The lowest BCUT2D eigenvalue weighted by Gasteiger charge is -2.45. The van der Waals surface area contributed by atoms with Gasteiger partial charge in [0, 0.05) is 67.5 Å². The third-order valence-corrected chi connectivity index (χ3v) is 7.78. The maximum atomic E-state index is 13.0. The zero-order chi connectivity index (χ0) is 31.3. The number of fused-ring (bicyclic) bond motifs is 1. The molecule has 0 spiro atoms. The lowest BCUT2D eigenvalue weighted by molar-refractivity contribution is -0.147. The highest BCUT2D eigenvalue weighted by atomic mass is 16.5. The number of nitriles is 1. The second kappa shape index (κ2) is 12.9. The van der Waals surface area contributed by atoms with E-state index in [-0.39, 0.29) is 17.7 Å². The van der Waals surface area contributed by atoms with Gasteiger partial charge in [0.25, 0.3) is 0 Å². The number of nitrogens with one attached hydrogen (secondary N) is 1. The Bertz CT molecular complexity index is 1710. The van der Waals surface area contributed by atoms with E-state index in [2.05, 4.69) is 28.0 Å². The fourth-order valence-corrected chi connectivity index (χ4v) is 5.60. The number of carbonyl (C=O) groups is 2. The summed E-state index contributed by atoms with van der Waals surface area (Å²) in [5.74, 6) is 0.615. The summed E-state index contributed by atoms with van der Waals surface area (Å²) < 4.78 is 7.19. The summed E-state index contributed by atoms with van der Waals surface area (Å²) in [6.07, 6.45) is 8.92. The first-order chi connectivity index (χ1) is 21.3. The molecule has 2 N–H and O–H groups in total. The van der Waals surface area contributed by atoms with Crippen LogP contribution in [0.5, 0.6) is 11.5 Å². The van der Waals surface area contributed by atoms with Gasteiger partial charge in [0.2, 0.25) is 5.91 Å². The minimum atomic E-state index is -0.889. The van der Waals surface area contributed by atoms with Gasteiger partial charge in [-0.3, -0.25) is 19.3 Å². The van der Waals surface area contributed by atoms with Crippen LogP contribution in [0.15, 0.2) is 67.6 Å². The van der Waals surface area contributed by atoms with E-state index in [1.807, 2.05) is 45.9 Å². The van der Waals surface area contributed by atoms with E-state index in [1.54, 1.807) is 37.7 Å². The highest BCUT2D eigenvalue weighted by Crippen LogP contribution is 2.34. The van der Waals surface area contributed by atoms with Crippen molar-refractivity contribution in [3.63, 3.8) is 0 Å². The Hall–Kier alpha value is -5.28. The number of amides is 1. The second-order valence-electron chi connectivity index (χ2n) is 11.0. The molecule has 2 saturated heterocycles. The number of aromatic nitrogens is 4. The molecule has 12 nitrogen and oxygen atoms in total. The van der Waals surface area contributed by atoms with Crippen LogP contribution < -0.4 is 10.1 Å². The Morgan fingerprint density at radius 3 is 2.57 bits per heavy atom. The second-order valence-corrected chi connectivity index (χ2v) is 11.0. The average molecular weight is 595 g/mol. The summed E-state index contributed by atoms with van der Waals surface area (Å²) in [5, 5.41) is 27.4. The van der Waals surface area contributed by atoms with Crippen molar-refractivity contribution in [2.75, 3.05) is 45.7 Å². The molecule has 2 fully saturated rings. The van der Waals surface area contributed by atoms with Gasteiger partial charge in [-0.25, -0.2) is 4.98 Å². The monoisotopic (exact) mass is 594 g/mol. The Morgan fingerprint density at radius 2 is 1.91 bits per heavy atom. The maximum absolute atomic E-state index is 13.0. The van der Waals surface area contributed by atoms with Crippen LogP contribution in [0.25, 0.3) is 22.3 Å². The number of allylic oxidation sites excluding steroid dienone is 1. The minimum absolute atomic E-state index is 0.0452. The van der Waals surface area contributed by atoms with Crippen molar-refractivity contribution < 1.29 is 19.4 Å². The molecule has 6 rings (SSSR count). The third kappa shape index (κ3) is 6.38. The molecule has 0 aliphatic carbocycles. The predicted molar refractivity (Wildman–Crippen MR) is 165 cm³/mol. The molecule has 0 bridgehead atoms. The number of ether oxygens (including phenoxy) is 1. The molecule has 44 heavy (non-hydrogen) atoms. The summed E-state index contributed by atoms with van der Waals surface area (Å²) in [6.45, 7) is 5.34. The Labute approximate surface area is 255 Å². The van der Waals surface area contributed by atoms with Gasteiger partial charge < -0.3 is 25.0 Å². The van der Waals surface area contributed by atoms with E-state index < -0.39 is 5.41 Å². The summed E-state index contributed by atoms with van der Waals surface area (Å²) in [6, 6.07) is 13.1. The summed E-state index contributed by atoms with van der Waals surface area (Å²) in [5.41, 5.74) is 3.67. The molecule has 0 saturated carbocycles. The van der Waals surface area contributed by atoms with Crippen LogP contribution in [0.4, 0.5) is 11.4 Å². The van der Waals surface area contributed by atoms with Gasteiger partial charge in [-0.2, -0.15) is 10.4 Å². The lowest BCUT2D eigenvalue weighted by atomic mass is 9.80. The SMILES string of the molecule is C=CC=O.COc1cc(O)cc(Nc2ccc3ncc(-c4cnn(C5CCN(C(=O)C6(C#N)CN(C)C6)CC5)c4)nc3c2)c1. The first-order valence-electron chi connectivity index (χ1n) is 14.2. The highest BCUT2D eigenvalue weighted by Gasteiger charge is 2.50. The largest absolute Gasteiger partial charge is 0.508 e. The molecule has 0 unspecified atom stereocenters. The van der Waals surface area contributed by atoms with E-state index >= 15 is 0 Å².